The molecule has 7 heteroatoms. The molecule has 0 unspecified atom stereocenters. The van der Waals surface area contributed by atoms with E-state index < -0.39 is 11.9 Å². The standard InChI is InChI=1S/C12H9N3O3S/c13-11(16)7-1-3-9(14-5-7)19-10-4-2-8(6-15-10)12(17)18/h1-6H,(H2,13,16)(H,17,18). The number of rotatable bonds is 4. The van der Waals surface area contributed by atoms with Gasteiger partial charge in [0.15, 0.2) is 0 Å². The summed E-state index contributed by atoms with van der Waals surface area (Å²) in [5.74, 6) is -1.55. The molecular weight excluding hydrogens is 266 g/mol. The second-order valence-electron chi connectivity index (χ2n) is 3.54. The van der Waals surface area contributed by atoms with Crippen molar-refractivity contribution in [3.05, 3.63) is 47.8 Å². The number of hydrogen-bond donors (Lipinski definition) is 2. The predicted octanol–water partition coefficient (Wildman–Crippen LogP) is 1.42. The van der Waals surface area contributed by atoms with E-state index in [1.165, 1.54) is 30.2 Å². The summed E-state index contributed by atoms with van der Waals surface area (Å²) in [5.41, 5.74) is 5.57. The molecule has 0 bridgehead atoms. The second kappa shape index (κ2) is 5.49. The number of aromatic carboxylic acids is 1. The quantitative estimate of drug-likeness (QED) is 0.874. The molecule has 0 fully saturated rings. The molecule has 2 heterocycles. The first kappa shape index (κ1) is 13.0. The van der Waals surface area contributed by atoms with E-state index in [9.17, 15) is 9.59 Å². The van der Waals surface area contributed by atoms with Crippen LogP contribution in [0.4, 0.5) is 0 Å². The van der Waals surface area contributed by atoms with Crippen molar-refractivity contribution in [2.75, 3.05) is 0 Å². The van der Waals surface area contributed by atoms with Crippen molar-refractivity contribution in [2.45, 2.75) is 10.1 Å². The first-order valence-electron chi connectivity index (χ1n) is 5.19. The van der Waals surface area contributed by atoms with Crippen molar-refractivity contribution in [2.24, 2.45) is 5.73 Å². The van der Waals surface area contributed by atoms with Gasteiger partial charge in [0.1, 0.15) is 10.1 Å². The summed E-state index contributed by atoms with van der Waals surface area (Å²) >= 11 is 1.26. The minimum atomic E-state index is -1.02. The Bertz CT molecular complexity index is 556. The average Bonchev–Trinajstić information content (AvgIpc) is 2.40. The van der Waals surface area contributed by atoms with Crippen molar-refractivity contribution in [3.8, 4) is 0 Å². The molecule has 1 amide bonds. The molecule has 6 nitrogen and oxygen atoms in total. The molecule has 0 aliphatic carbocycles. The zero-order valence-electron chi connectivity index (χ0n) is 9.61. The van der Waals surface area contributed by atoms with E-state index in [0.717, 1.165) is 0 Å². The third kappa shape index (κ3) is 3.29. The molecule has 0 aliphatic rings. The smallest absolute Gasteiger partial charge is 0.337 e. The van der Waals surface area contributed by atoms with Crippen molar-refractivity contribution in [3.63, 3.8) is 0 Å². The summed E-state index contributed by atoms with van der Waals surface area (Å²) in [6.45, 7) is 0. The Morgan fingerprint density at radius 3 is 1.89 bits per heavy atom. The number of nitrogens with two attached hydrogens (primary N) is 1. The Hall–Kier alpha value is -2.41. The lowest BCUT2D eigenvalue weighted by molar-refractivity contribution is 0.0696. The zero-order valence-corrected chi connectivity index (χ0v) is 10.4. The van der Waals surface area contributed by atoms with Gasteiger partial charge in [-0.3, -0.25) is 4.79 Å². The van der Waals surface area contributed by atoms with Crippen molar-refractivity contribution in [1.82, 2.24) is 9.97 Å². The van der Waals surface area contributed by atoms with Gasteiger partial charge >= 0.3 is 5.97 Å². The lowest BCUT2D eigenvalue weighted by Crippen LogP contribution is -2.10. The molecule has 0 aliphatic heterocycles. The molecule has 0 saturated carbocycles. The Kier molecular flexibility index (Phi) is 3.76. The molecule has 0 saturated heterocycles. The molecule has 19 heavy (non-hydrogen) atoms. The Balaban J connectivity index is 2.12. The first-order chi connectivity index (χ1) is 9.06. The second-order valence-corrected chi connectivity index (χ2v) is 4.58. The largest absolute Gasteiger partial charge is 0.478 e. The number of carboxylic acid groups (broad SMARTS) is 1. The maximum Gasteiger partial charge on any atom is 0.337 e. The molecule has 2 aromatic heterocycles. The normalized spacial score (nSPS) is 10.1. The molecule has 0 aromatic carbocycles. The number of primary amides is 1. The van der Waals surface area contributed by atoms with Crippen molar-refractivity contribution >= 4 is 23.6 Å². The van der Waals surface area contributed by atoms with Crippen LogP contribution in [0.3, 0.4) is 0 Å². The predicted molar refractivity (Wildman–Crippen MR) is 68.1 cm³/mol. The lowest BCUT2D eigenvalue weighted by atomic mass is 10.3. The summed E-state index contributed by atoms with van der Waals surface area (Å²) in [5, 5.41) is 10.00. The van der Waals surface area contributed by atoms with Gasteiger partial charge in [-0.25, -0.2) is 14.8 Å². The van der Waals surface area contributed by atoms with E-state index in [0.29, 0.717) is 15.6 Å². The number of nitrogens with zero attached hydrogens (tertiary/aromatic N) is 2. The van der Waals surface area contributed by atoms with Gasteiger partial charge in [-0.15, -0.1) is 0 Å². The highest BCUT2D eigenvalue weighted by molar-refractivity contribution is 7.99. The zero-order chi connectivity index (χ0) is 13.8. The summed E-state index contributed by atoms with van der Waals surface area (Å²) < 4.78 is 0. The van der Waals surface area contributed by atoms with E-state index in [4.69, 9.17) is 10.8 Å². The van der Waals surface area contributed by atoms with E-state index in [1.54, 1.807) is 18.2 Å². The highest BCUT2D eigenvalue weighted by Crippen LogP contribution is 2.23. The molecule has 0 spiro atoms. The third-order valence-corrected chi connectivity index (χ3v) is 3.11. The molecule has 96 valence electrons. The van der Waals surface area contributed by atoms with E-state index in [1.807, 2.05) is 0 Å². The Morgan fingerprint density at radius 1 is 1.00 bits per heavy atom. The highest BCUT2D eigenvalue weighted by Gasteiger charge is 2.06. The minimum Gasteiger partial charge on any atom is -0.478 e. The topological polar surface area (TPSA) is 106 Å². The van der Waals surface area contributed by atoms with Crippen LogP contribution in [0.15, 0.2) is 46.7 Å². The van der Waals surface area contributed by atoms with Crippen LogP contribution in [-0.4, -0.2) is 27.0 Å². The summed E-state index contributed by atoms with van der Waals surface area (Å²) in [7, 11) is 0. The molecular formula is C12H9N3O3S. The van der Waals surface area contributed by atoms with E-state index >= 15 is 0 Å². The Morgan fingerprint density at radius 2 is 1.53 bits per heavy atom. The first-order valence-corrected chi connectivity index (χ1v) is 6.01. The van der Waals surface area contributed by atoms with Gasteiger partial charge in [0.25, 0.3) is 0 Å². The third-order valence-electron chi connectivity index (χ3n) is 2.21. The van der Waals surface area contributed by atoms with E-state index in [-0.39, 0.29) is 5.56 Å². The van der Waals surface area contributed by atoms with Gasteiger partial charge in [0, 0.05) is 12.4 Å². The van der Waals surface area contributed by atoms with Crippen LogP contribution in [0.1, 0.15) is 20.7 Å². The van der Waals surface area contributed by atoms with Crippen LogP contribution in [0, 0.1) is 0 Å². The Labute approximate surface area is 112 Å². The van der Waals surface area contributed by atoms with E-state index in [2.05, 4.69) is 9.97 Å². The molecule has 2 rings (SSSR count). The molecule has 0 atom stereocenters. The van der Waals surface area contributed by atoms with Crippen LogP contribution < -0.4 is 5.73 Å². The van der Waals surface area contributed by atoms with Crippen LogP contribution >= 0.6 is 11.8 Å². The number of carboxylic acids is 1. The summed E-state index contributed by atoms with van der Waals surface area (Å²) in [6, 6.07) is 6.29. The van der Waals surface area contributed by atoms with Gasteiger partial charge in [-0.2, -0.15) is 0 Å². The molecule has 0 radical (unpaired) electrons. The maximum absolute atomic E-state index is 10.9. The number of pyridine rings is 2. The van der Waals surface area contributed by atoms with Crippen LogP contribution in [-0.2, 0) is 0 Å². The SMILES string of the molecule is NC(=O)c1ccc(Sc2ccc(C(=O)O)cn2)nc1. The minimum absolute atomic E-state index is 0.126. The maximum atomic E-state index is 10.9. The summed E-state index contributed by atoms with van der Waals surface area (Å²) in [6.07, 6.45) is 2.67. The number of aromatic nitrogens is 2. The fourth-order valence-corrected chi connectivity index (χ4v) is 1.96. The number of carbonyl (C=O) groups is 2. The van der Waals surface area contributed by atoms with Gasteiger partial charge in [-0.1, -0.05) is 11.8 Å². The van der Waals surface area contributed by atoms with Crippen LogP contribution in [0.2, 0.25) is 0 Å². The number of carbonyl (C=O) groups excluding carboxylic acids is 1. The fraction of sp³-hybridized carbons (Fsp3) is 0. The number of hydrogen-bond acceptors (Lipinski definition) is 5. The monoisotopic (exact) mass is 275 g/mol. The number of amides is 1. The highest BCUT2D eigenvalue weighted by atomic mass is 32.2. The van der Waals surface area contributed by atoms with Gasteiger partial charge in [-0.05, 0) is 24.3 Å². The lowest BCUT2D eigenvalue weighted by Gasteiger charge is -2.01. The summed E-state index contributed by atoms with van der Waals surface area (Å²) in [4.78, 5) is 29.6. The van der Waals surface area contributed by atoms with Gasteiger partial charge in [0.2, 0.25) is 5.91 Å². The van der Waals surface area contributed by atoms with Crippen molar-refractivity contribution in [1.29, 1.82) is 0 Å². The van der Waals surface area contributed by atoms with Crippen LogP contribution in [0.25, 0.3) is 0 Å². The van der Waals surface area contributed by atoms with Crippen molar-refractivity contribution < 1.29 is 14.7 Å². The molecule has 3 N–H and O–H groups in total. The van der Waals surface area contributed by atoms with Gasteiger partial charge < -0.3 is 10.8 Å². The fourth-order valence-electron chi connectivity index (χ4n) is 1.26. The average molecular weight is 275 g/mol. The van der Waals surface area contributed by atoms with Gasteiger partial charge in [0.05, 0.1) is 11.1 Å². The molecule has 2 aromatic rings. The van der Waals surface area contributed by atoms with Crippen LogP contribution in [0.5, 0.6) is 0 Å².